The zero-order valence-electron chi connectivity index (χ0n) is 15.8. The number of fused-ring (bicyclic) bond motifs is 1. The molecule has 1 atom stereocenters. The van der Waals surface area contributed by atoms with E-state index >= 15 is 0 Å². The minimum Gasteiger partial charge on any atom is -0.493 e. The van der Waals surface area contributed by atoms with Crippen LogP contribution in [0, 0.1) is 6.92 Å². The summed E-state index contributed by atoms with van der Waals surface area (Å²) in [6.07, 6.45) is 0.923. The van der Waals surface area contributed by atoms with Gasteiger partial charge in [0.15, 0.2) is 11.5 Å². The van der Waals surface area contributed by atoms with Crippen molar-refractivity contribution < 1.29 is 13.9 Å². The van der Waals surface area contributed by atoms with Crippen molar-refractivity contribution in [2.75, 3.05) is 20.8 Å². The molecule has 0 saturated carbocycles. The van der Waals surface area contributed by atoms with Gasteiger partial charge in [-0.25, -0.2) is 0 Å². The molecule has 0 aliphatic carbocycles. The summed E-state index contributed by atoms with van der Waals surface area (Å²) in [6, 6.07) is 14.8. The summed E-state index contributed by atoms with van der Waals surface area (Å²) in [5.74, 6) is 2.74. The van der Waals surface area contributed by atoms with Gasteiger partial charge in [0.1, 0.15) is 0 Å². The molecule has 0 unspecified atom stereocenters. The van der Waals surface area contributed by atoms with Gasteiger partial charge in [-0.15, -0.1) is 10.2 Å². The highest BCUT2D eigenvalue weighted by Crippen LogP contribution is 2.41. The number of ether oxygens (including phenoxy) is 2. The van der Waals surface area contributed by atoms with Gasteiger partial charge in [-0.1, -0.05) is 30.3 Å². The van der Waals surface area contributed by atoms with Crippen molar-refractivity contribution in [2.45, 2.75) is 25.9 Å². The minimum absolute atomic E-state index is 0.0852. The molecule has 0 saturated heterocycles. The largest absolute Gasteiger partial charge is 0.493 e. The number of aryl methyl sites for hydroxylation is 1. The molecule has 0 radical (unpaired) electrons. The molecule has 6 heteroatoms. The van der Waals surface area contributed by atoms with E-state index in [2.05, 4.69) is 51.5 Å². The summed E-state index contributed by atoms with van der Waals surface area (Å²) in [4.78, 5) is 2.37. The average molecular weight is 365 g/mol. The van der Waals surface area contributed by atoms with Gasteiger partial charge in [0, 0.05) is 13.5 Å². The van der Waals surface area contributed by atoms with Crippen LogP contribution in [0.4, 0.5) is 0 Å². The van der Waals surface area contributed by atoms with E-state index in [0.29, 0.717) is 18.3 Å². The average Bonchev–Trinajstić information content (AvgIpc) is 3.12. The Balaban J connectivity index is 1.78. The fraction of sp³-hybridized carbons (Fsp3) is 0.333. The number of hydrogen-bond donors (Lipinski definition) is 0. The summed E-state index contributed by atoms with van der Waals surface area (Å²) in [7, 11) is 3.34. The van der Waals surface area contributed by atoms with Crippen molar-refractivity contribution in [3.63, 3.8) is 0 Å². The Labute approximate surface area is 158 Å². The van der Waals surface area contributed by atoms with Crippen LogP contribution in [0.2, 0.25) is 0 Å². The summed E-state index contributed by atoms with van der Waals surface area (Å²) in [5, 5.41) is 8.15. The van der Waals surface area contributed by atoms with Crippen LogP contribution in [0.25, 0.3) is 0 Å². The molecule has 4 rings (SSSR count). The topological polar surface area (TPSA) is 60.6 Å². The third kappa shape index (κ3) is 3.40. The minimum atomic E-state index is 0.0852. The maximum Gasteiger partial charge on any atom is 0.230 e. The molecule has 0 N–H and O–H groups in total. The summed E-state index contributed by atoms with van der Waals surface area (Å²) in [6.45, 7) is 3.31. The summed E-state index contributed by atoms with van der Waals surface area (Å²) in [5.41, 5.74) is 3.72. The summed E-state index contributed by atoms with van der Waals surface area (Å²) < 4.78 is 16.7. The first-order chi connectivity index (χ1) is 13.2. The van der Waals surface area contributed by atoms with E-state index in [0.717, 1.165) is 24.5 Å². The van der Waals surface area contributed by atoms with Crippen molar-refractivity contribution >= 4 is 0 Å². The van der Waals surface area contributed by atoms with Crippen LogP contribution >= 0.6 is 0 Å². The molecule has 0 fully saturated rings. The second kappa shape index (κ2) is 7.40. The van der Waals surface area contributed by atoms with Gasteiger partial charge in [-0.05, 0) is 35.2 Å². The molecule has 2 heterocycles. The fourth-order valence-corrected chi connectivity index (χ4v) is 3.77. The highest BCUT2D eigenvalue weighted by Gasteiger charge is 2.31. The highest BCUT2D eigenvalue weighted by atomic mass is 16.5. The molecule has 6 nitrogen and oxygen atoms in total. The molecule has 0 bridgehead atoms. The standard InChI is InChI=1S/C21H23N3O3/c1-14-22-23-20(27-14)13-24-10-9-16-11-18(25-2)19(26-3)12-17(16)21(24)15-7-5-4-6-8-15/h4-8,11-12,21H,9-10,13H2,1-3H3/t21-/m0/s1. The second-order valence-electron chi connectivity index (χ2n) is 6.65. The predicted molar refractivity (Wildman–Crippen MR) is 101 cm³/mol. The summed E-state index contributed by atoms with van der Waals surface area (Å²) >= 11 is 0. The Hall–Kier alpha value is -2.86. The molecule has 0 spiro atoms. The van der Waals surface area contributed by atoms with Crippen molar-refractivity contribution in [3.8, 4) is 11.5 Å². The van der Waals surface area contributed by atoms with Gasteiger partial charge in [0.05, 0.1) is 26.8 Å². The van der Waals surface area contributed by atoms with Gasteiger partial charge in [-0.3, -0.25) is 4.90 Å². The van der Waals surface area contributed by atoms with E-state index in [4.69, 9.17) is 13.9 Å². The fourth-order valence-electron chi connectivity index (χ4n) is 3.77. The van der Waals surface area contributed by atoms with Crippen molar-refractivity contribution in [2.24, 2.45) is 0 Å². The van der Waals surface area contributed by atoms with Crippen molar-refractivity contribution in [3.05, 3.63) is 70.9 Å². The first kappa shape index (κ1) is 17.5. The van der Waals surface area contributed by atoms with Gasteiger partial charge in [0.2, 0.25) is 11.8 Å². The van der Waals surface area contributed by atoms with Crippen LogP contribution in [0.3, 0.4) is 0 Å². The molecule has 2 aromatic carbocycles. The number of nitrogens with zero attached hydrogens (tertiary/aromatic N) is 3. The zero-order chi connectivity index (χ0) is 18.8. The normalized spacial score (nSPS) is 16.8. The molecule has 1 aliphatic heterocycles. The second-order valence-corrected chi connectivity index (χ2v) is 6.65. The predicted octanol–water partition coefficient (Wildman–Crippen LogP) is 3.54. The van der Waals surface area contributed by atoms with Crippen LogP contribution < -0.4 is 9.47 Å². The van der Waals surface area contributed by atoms with E-state index in [1.807, 2.05) is 13.0 Å². The van der Waals surface area contributed by atoms with Crippen molar-refractivity contribution in [1.82, 2.24) is 15.1 Å². The van der Waals surface area contributed by atoms with E-state index in [1.54, 1.807) is 14.2 Å². The number of aromatic nitrogens is 2. The van der Waals surface area contributed by atoms with Gasteiger partial charge >= 0.3 is 0 Å². The molecular formula is C21H23N3O3. The smallest absolute Gasteiger partial charge is 0.230 e. The van der Waals surface area contributed by atoms with Crippen LogP contribution in [0.5, 0.6) is 11.5 Å². The molecule has 27 heavy (non-hydrogen) atoms. The number of rotatable bonds is 5. The number of benzene rings is 2. The Morgan fingerprint density at radius 3 is 2.48 bits per heavy atom. The third-order valence-corrected chi connectivity index (χ3v) is 5.00. The van der Waals surface area contributed by atoms with Gasteiger partial charge < -0.3 is 13.9 Å². The van der Waals surface area contributed by atoms with E-state index in [-0.39, 0.29) is 6.04 Å². The number of methoxy groups -OCH3 is 2. The Bertz CT molecular complexity index is 924. The quantitative estimate of drug-likeness (QED) is 0.689. The lowest BCUT2D eigenvalue weighted by Crippen LogP contribution is -2.35. The van der Waals surface area contributed by atoms with Gasteiger partial charge in [-0.2, -0.15) is 0 Å². The molecule has 3 aromatic rings. The molecule has 1 aliphatic rings. The maximum atomic E-state index is 5.63. The van der Waals surface area contributed by atoms with E-state index in [1.165, 1.54) is 16.7 Å². The van der Waals surface area contributed by atoms with E-state index < -0.39 is 0 Å². The molecule has 0 amide bonds. The monoisotopic (exact) mass is 365 g/mol. The maximum absolute atomic E-state index is 5.63. The zero-order valence-corrected chi connectivity index (χ0v) is 15.8. The Morgan fingerprint density at radius 1 is 1.07 bits per heavy atom. The van der Waals surface area contributed by atoms with Crippen LogP contribution in [-0.4, -0.2) is 35.9 Å². The molecular weight excluding hydrogens is 342 g/mol. The Kier molecular flexibility index (Phi) is 4.81. The third-order valence-electron chi connectivity index (χ3n) is 5.00. The Morgan fingerprint density at radius 2 is 1.81 bits per heavy atom. The van der Waals surface area contributed by atoms with Crippen molar-refractivity contribution in [1.29, 1.82) is 0 Å². The lowest BCUT2D eigenvalue weighted by Gasteiger charge is -2.37. The highest BCUT2D eigenvalue weighted by molar-refractivity contribution is 5.51. The number of hydrogen-bond acceptors (Lipinski definition) is 6. The van der Waals surface area contributed by atoms with Gasteiger partial charge in [0.25, 0.3) is 0 Å². The lowest BCUT2D eigenvalue weighted by molar-refractivity contribution is 0.183. The first-order valence-electron chi connectivity index (χ1n) is 9.02. The van der Waals surface area contributed by atoms with Crippen LogP contribution in [0.15, 0.2) is 46.9 Å². The molecule has 1 aromatic heterocycles. The lowest BCUT2D eigenvalue weighted by atomic mass is 9.87. The SMILES string of the molecule is COc1cc2c(cc1OC)[C@H](c1ccccc1)N(Cc1nnc(C)o1)CC2. The molecule has 140 valence electrons. The van der Waals surface area contributed by atoms with Crippen LogP contribution in [0.1, 0.15) is 34.5 Å². The van der Waals surface area contributed by atoms with Crippen LogP contribution in [-0.2, 0) is 13.0 Å². The van der Waals surface area contributed by atoms with E-state index in [9.17, 15) is 0 Å². The first-order valence-corrected chi connectivity index (χ1v) is 9.02.